The number of hydrogen-bond donors (Lipinski definition) is 0. The number of furan rings is 1. The van der Waals surface area contributed by atoms with E-state index < -0.39 is 46.9 Å². The van der Waals surface area contributed by atoms with Gasteiger partial charge in [-0.15, -0.1) is 0 Å². The Hall–Kier alpha value is -2.84. The van der Waals surface area contributed by atoms with Gasteiger partial charge in [0.1, 0.15) is 0 Å². The minimum atomic E-state index is -1.03. The van der Waals surface area contributed by atoms with E-state index in [-0.39, 0.29) is 0 Å². The smallest absolute Gasteiger partial charge is 0.378 e. The highest BCUT2D eigenvalue weighted by molar-refractivity contribution is 5.98. The molecule has 0 saturated heterocycles. The first-order valence-corrected chi connectivity index (χ1v) is 5.52. The van der Waals surface area contributed by atoms with Crippen LogP contribution < -0.4 is 9.47 Å². The zero-order valence-corrected chi connectivity index (χ0v) is 11.7. The van der Waals surface area contributed by atoms with Crippen LogP contribution in [0.1, 0.15) is 35.0 Å². The molecule has 0 saturated carbocycles. The molecule has 0 fully saturated rings. The summed E-state index contributed by atoms with van der Waals surface area (Å²) in [6.45, 7) is 2.09. The number of esters is 4. The molecule has 0 aliphatic heterocycles. The summed E-state index contributed by atoms with van der Waals surface area (Å²) in [5, 5.41) is 0. The highest BCUT2D eigenvalue weighted by Crippen LogP contribution is 2.39. The Bertz CT molecular complexity index is 546. The van der Waals surface area contributed by atoms with Gasteiger partial charge in [-0.2, -0.15) is 0 Å². The van der Waals surface area contributed by atoms with E-state index in [1.165, 1.54) is 0 Å². The van der Waals surface area contributed by atoms with Crippen molar-refractivity contribution in [2.75, 3.05) is 14.2 Å². The molecule has 0 spiro atoms. The Morgan fingerprint density at radius 2 is 1.10 bits per heavy atom. The van der Waals surface area contributed by atoms with Gasteiger partial charge in [0.15, 0.2) is 0 Å². The highest BCUT2D eigenvalue weighted by atomic mass is 16.6. The zero-order chi connectivity index (χ0) is 16.2. The molecule has 0 aromatic carbocycles. The molecule has 21 heavy (non-hydrogen) atoms. The predicted molar refractivity (Wildman–Crippen MR) is 64.0 cm³/mol. The third-order valence-electron chi connectivity index (χ3n) is 2.06. The quantitative estimate of drug-likeness (QED) is 0.740. The van der Waals surface area contributed by atoms with Crippen molar-refractivity contribution in [1.29, 1.82) is 0 Å². The summed E-state index contributed by atoms with van der Waals surface area (Å²) in [6, 6.07) is 0. The number of rotatable bonds is 4. The fourth-order valence-corrected chi connectivity index (χ4v) is 1.33. The second kappa shape index (κ2) is 6.55. The first-order valence-electron chi connectivity index (χ1n) is 5.52. The van der Waals surface area contributed by atoms with Crippen LogP contribution in [0.5, 0.6) is 11.5 Å². The van der Waals surface area contributed by atoms with Crippen LogP contribution in [-0.2, 0) is 19.1 Å². The van der Waals surface area contributed by atoms with Gasteiger partial charge in [-0.3, -0.25) is 9.59 Å². The molecule has 9 heteroatoms. The van der Waals surface area contributed by atoms with Crippen molar-refractivity contribution in [1.82, 2.24) is 0 Å². The van der Waals surface area contributed by atoms with E-state index in [0.29, 0.717) is 0 Å². The molecule has 0 unspecified atom stereocenters. The Labute approximate surface area is 118 Å². The topological polar surface area (TPSA) is 118 Å². The number of methoxy groups -OCH3 is 2. The number of hydrogen-bond acceptors (Lipinski definition) is 9. The molecular formula is C12H12O9. The minimum Gasteiger partial charge on any atom is -0.463 e. The van der Waals surface area contributed by atoms with Crippen LogP contribution in [0.25, 0.3) is 0 Å². The second-order valence-corrected chi connectivity index (χ2v) is 3.59. The van der Waals surface area contributed by atoms with Crippen LogP contribution in [0.15, 0.2) is 4.42 Å². The molecule has 114 valence electrons. The fraction of sp³-hybridized carbons (Fsp3) is 0.333. The van der Waals surface area contributed by atoms with Crippen molar-refractivity contribution in [2.24, 2.45) is 0 Å². The Morgan fingerprint density at radius 3 is 1.33 bits per heavy atom. The van der Waals surface area contributed by atoms with Crippen LogP contribution in [0.4, 0.5) is 0 Å². The Morgan fingerprint density at radius 1 is 0.762 bits per heavy atom. The molecule has 9 nitrogen and oxygen atoms in total. The molecule has 0 aliphatic rings. The lowest BCUT2D eigenvalue weighted by Gasteiger charge is -2.04. The Kier molecular flexibility index (Phi) is 5.06. The van der Waals surface area contributed by atoms with E-state index in [1.807, 2.05) is 0 Å². The van der Waals surface area contributed by atoms with Gasteiger partial charge in [-0.1, -0.05) is 0 Å². The SMILES string of the molecule is COC(=O)c1oc(C(=O)OC)c(OC(C)=O)c1OC(C)=O. The van der Waals surface area contributed by atoms with Crippen LogP contribution in [0, 0.1) is 0 Å². The first-order chi connectivity index (χ1) is 9.81. The lowest BCUT2D eigenvalue weighted by Crippen LogP contribution is -2.10. The summed E-state index contributed by atoms with van der Waals surface area (Å²) < 4.78 is 23.3. The molecule has 0 atom stereocenters. The van der Waals surface area contributed by atoms with Crippen LogP contribution in [-0.4, -0.2) is 38.1 Å². The fourth-order valence-electron chi connectivity index (χ4n) is 1.33. The predicted octanol–water partition coefficient (Wildman–Crippen LogP) is 0.703. The van der Waals surface area contributed by atoms with Gasteiger partial charge >= 0.3 is 23.9 Å². The largest absolute Gasteiger partial charge is 0.463 e. The Balaban J connectivity index is 3.53. The van der Waals surface area contributed by atoms with Gasteiger partial charge in [-0.05, 0) is 0 Å². The van der Waals surface area contributed by atoms with Crippen LogP contribution in [0.3, 0.4) is 0 Å². The van der Waals surface area contributed by atoms with Gasteiger partial charge in [0.2, 0.25) is 11.5 Å². The molecule has 0 bridgehead atoms. The molecule has 1 heterocycles. The normalized spacial score (nSPS) is 9.71. The molecular weight excluding hydrogens is 288 g/mol. The van der Waals surface area contributed by atoms with Gasteiger partial charge < -0.3 is 23.4 Å². The lowest BCUT2D eigenvalue weighted by molar-refractivity contribution is -0.134. The van der Waals surface area contributed by atoms with Crippen LogP contribution in [0.2, 0.25) is 0 Å². The minimum absolute atomic E-state index is 0.537. The molecule has 0 amide bonds. The monoisotopic (exact) mass is 300 g/mol. The van der Waals surface area contributed by atoms with E-state index in [4.69, 9.17) is 13.9 Å². The summed E-state index contributed by atoms with van der Waals surface area (Å²) >= 11 is 0. The summed E-state index contributed by atoms with van der Waals surface area (Å²) in [5.41, 5.74) is 0. The van der Waals surface area contributed by atoms with E-state index >= 15 is 0 Å². The van der Waals surface area contributed by atoms with Crippen LogP contribution >= 0.6 is 0 Å². The average Bonchev–Trinajstić information content (AvgIpc) is 2.74. The zero-order valence-electron chi connectivity index (χ0n) is 11.7. The number of ether oxygens (including phenoxy) is 4. The second-order valence-electron chi connectivity index (χ2n) is 3.59. The molecule has 1 rings (SSSR count). The number of carbonyl (C=O) groups excluding carboxylic acids is 4. The summed E-state index contributed by atoms with van der Waals surface area (Å²) in [7, 11) is 2.09. The van der Waals surface area contributed by atoms with Crippen molar-refractivity contribution in [3.8, 4) is 11.5 Å². The molecule has 0 aliphatic carbocycles. The average molecular weight is 300 g/mol. The standard InChI is InChI=1S/C12H12O9/c1-5(13)19-7-8(20-6(2)14)10(12(16)18-4)21-9(7)11(15)17-3/h1-4H3. The summed E-state index contributed by atoms with van der Waals surface area (Å²) in [6.07, 6.45) is 0. The first kappa shape index (κ1) is 16.2. The van der Waals surface area contributed by atoms with E-state index in [1.54, 1.807) is 0 Å². The summed E-state index contributed by atoms with van der Waals surface area (Å²) in [5.74, 6) is -6.01. The van der Waals surface area contributed by atoms with E-state index in [9.17, 15) is 19.2 Å². The molecule has 0 radical (unpaired) electrons. The van der Waals surface area contributed by atoms with E-state index in [0.717, 1.165) is 28.1 Å². The maximum atomic E-state index is 11.6. The van der Waals surface area contributed by atoms with Crippen molar-refractivity contribution < 1.29 is 42.5 Å². The lowest BCUT2D eigenvalue weighted by atomic mass is 10.3. The van der Waals surface area contributed by atoms with Gasteiger partial charge in [-0.25, -0.2) is 9.59 Å². The van der Waals surface area contributed by atoms with Crippen molar-refractivity contribution in [3.63, 3.8) is 0 Å². The van der Waals surface area contributed by atoms with Gasteiger partial charge in [0.25, 0.3) is 11.5 Å². The molecule has 0 N–H and O–H groups in total. The number of carbonyl (C=O) groups is 4. The van der Waals surface area contributed by atoms with Crippen molar-refractivity contribution in [2.45, 2.75) is 13.8 Å². The maximum Gasteiger partial charge on any atom is 0.378 e. The van der Waals surface area contributed by atoms with Crippen molar-refractivity contribution >= 4 is 23.9 Å². The third-order valence-corrected chi connectivity index (χ3v) is 2.06. The third kappa shape index (κ3) is 3.59. The van der Waals surface area contributed by atoms with E-state index in [2.05, 4.69) is 9.47 Å². The summed E-state index contributed by atoms with van der Waals surface area (Å²) in [4.78, 5) is 45.3. The maximum absolute atomic E-state index is 11.6. The van der Waals surface area contributed by atoms with Crippen molar-refractivity contribution in [3.05, 3.63) is 11.5 Å². The molecule has 1 aromatic heterocycles. The van der Waals surface area contributed by atoms with Gasteiger partial charge in [0, 0.05) is 13.8 Å². The molecule has 1 aromatic rings. The highest BCUT2D eigenvalue weighted by Gasteiger charge is 2.34. The van der Waals surface area contributed by atoms with Gasteiger partial charge in [0.05, 0.1) is 14.2 Å².